The number of primary sulfonamides is 1. The standard InChI is InChI=1S/C34H36N6O5S/c1-39-20-18-29(19-21-39)45-34(42)38-32(35)26-9-7-8-24(22-26)23-40(28-10-3-2-4-11-28)33(41)37-27-16-14-25(15-17-27)30-12-5-6-13-31(30)46(36,43)44/h2-17,22,29H,18-21,23H2,1H3,(H,37,41)(H2,35,38,42)(H2,36,43,44). The molecule has 3 amide bonds. The highest BCUT2D eigenvalue weighted by molar-refractivity contribution is 7.89. The number of ether oxygens (including phenoxy) is 1. The molecule has 0 bridgehead atoms. The van der Waals surface area contributed by atoms with Gasteiger partial charge in [0.2, 0.25) is 10.0 Å². The Morgan fingerprint density at radius 2 is 1.61 bits per heavy atom. The summed E-state index contributed by atoms with van der Waals surface area (Å²) < 4.78 is 29.6. The number of anilines is 2. The van der Waals surface area contributed by atoms with E-state index < -0.39 is 22.1 Å². The third-order valence-electron chi connectivity index (χ3n) is 7.68. The molecule has 4 aromatic rings. The second kappa shape index (κ2) is 14.4. The second-order valence-electron chi connectivity index (χ2n) is 11.1. The van der Waals surface area contributed by atoms with E-state index in [4.69, 9.17) is 15.3 Å². The van der Waals surface area contributed by atoms with Gasteiger partial charge in [0, 0.05) is 35.6 Å². The molecule has 238 valence electrons. The maximum absolute atomic E-state index is 13.6. The van der Waals surface area contributed by atoms with E-state index in [1.54, 1.807) is 65.6 Å². The van der Waals surface area contributed by atoms with Crippen LogP contribution in [0.4, 0.5) is 21.0 Å². The summed E-state index contributed by atoms with van der Waals surface area (Å²) in [5, 5.41) is 19.3. The normalized spacial score (nSPS) is 13.9. The molecule has 0 unspecified atom stereocenters. The highest BCUT2D eigenvalue weighted by Crippen LogP contribution is 2.28. The molecule has 5 N–H and O–H groups in total. The molecule has 5 rings (SSSR count). The fourth-order valence-electron chi connectivity index (χ4n) is 5.23. The first-order valence-corrected chi connectivity index (χ1v) is 16.3. The highest BCUT2D eigenvalue weighted by atomic mass is 32.2. The minimum Gasteiger partial charge on any atom is -0.446 e. The van der Waals surface area contributed by atoms with Crippen LogP contribution >= 0.6 is 0 Å². The van der Waals surface area contributed by atoms with Crippen molar-refractivity contribution in [2.24, 2.45) is 5.14 Å². The van der Waals surface area contributed by atoms with Crippen molar-refractivity contribution in [2.75, 3.05) is 30.4 Å². The van der Waals surface area contributed by atoms with E-state index in [-0.39, 0.29) is 23.4 Å². The van der Waals surface area contributed by atoms with Crippen molar-refractivity contribution < 1.29 is 22.7 Å². The molecule has 0 spiro atoms. The van der Waals surface area contributed by atoms with Gasteiger partial charge in [-0.25, -0.2) is 23.1 Å². The molecular weight excluding hydrogens is 604 g/mol. The topological polar surface area (TPSA) is 158 Å². The number of amidine groups is 1. The molecule has 1 aliphatic rings. The van der Waals surface area contributed by atoms with Gasteiger partial charge in [0.05, 0.1) is 11.4 Å². The molecule has 0 atom stereocenters. The van der Waals surface area contributed by atoms with Gasteiger partial charge in [-0.05, 0) is 67.4 Å². The number of alkyl carbamates (subject to hydrolysis) is 1. The van der Waals surface area contributed by atoms with Crippen LogP contribution in [0, 0.1) is 5.41 Å². The Kier molecular flexibility index (Phi) is 10.1. The first kappa shape index (κ1) is 32.4. The largest absolute Gasteiger partial charge is 0.446 e. The SMILES string of the molecule is CN1CCC(OC(=O)NC(=N)c2cccc(CN(C(=O)Nc3ccc(-c4ccccc4S(N)(=O)=O)cc3)c3ccccc3)c2)CC1. The number of benzene rings is 4. The van der Waals surface area contributed by atoms with Gasteiger partial charge >= 0.3 is 12.1 Å². The number of amides is 3. The summed E-state index contributed by atoms with van der Waals surface area (Å²) in [6, 6.07) is 29.1. The number of urea groups is 1. The molecular formula is C34H36N6O5S. The average molecular weight is 641 g/mol. The lowest BCUT2D eigenvalue weighted by atomic mass is 10.1. The predicted octanol–water partition coefficient (Wildman–Crippen LogP) is 5.39. The Morgan fingerprint density at radius 1 is 0.935 bits per heavy atom. The van der Waals surface area contributed by atoms with E-state index in [0.717, 1.165) is 31.5 Å². The minimum absolute atomic E-state index is 0.0155. The Hall–Kier alpha value is -5.04. The van der Waals surface area contributed by atoms with Crippen molar-refractivity contribution in [3.63, 3.8) is 0 Å². The van der Waals surface area contributed by atoms with Crippen LogP contribution in [-0.4, -0.2) is 57.5 Å². The summed E-state index contributed by atoms with van der Waals surface area (Å²) in [7, 11) is -1.89. The zero-order valence-electron chi connectivity index (χ0n) is 25.3. The van der Waals surface area contributed by atoms with Gasteiger partial charge in [-0.1, -0.05) is 66.7 Å². The zero-order chi connectivity index (χ0) is 32.7. The number of hydrogen-bond donors (Lipinski definition) is 4. The second-order valence-corrected chi connectivity index (χ2v) is 12.6. The van der Waals surface area contributed by atoms with Gasteiger partial charge in [-0.3, -0.25) is 15.6 Å². The summed E-state index contributed by atoms with van der Waals surface area (Å²) in [6.45, 7) is 1.88. The van der Waals surface area contributed by atoms with Crippen molar-refractivity contribution in [1.29, 1.82) is 5.41 Å². The number of nitrogens with zero attached hydrogens (tertiary/aromatic N) is 2. The smallest absolute Gasteiger partial charge is 0.413 e. The summed E-state index contributed by atoms with van der Waals surface area (Å²) in [5.74, 6) is -0.0976. The van der Waals surface area contributed by atoms with Crippen LogP contribution in [0.1, 0.15) is 24.0 Å². The summed E-state index contributed by atoms with van der Waals surface area (Å²) in [5.41, 5.74) is 3.46. The van der Waals surface area contributed by atoms with Gasteiger partial charge in [0.25, 0.3) is 0 Å². The molecule has 1 heterocycles. The molecule has 1 fully saturated rings. The van der Waals surface area contributed by atoms with Gasteiger partial charge in [0.1, 0.15) is 11.9 Å². The molecule has 0 aromatic heterocycles. The van der Waals surface area contributed by atoms with Crippen molar-refractivity contribution in [1.82, 2.24) is 10.2 Å². The van der Waals surface area contributed by atoms with Crippen LogP contribution < -0.4 is 20.7 Å². The molecule has 11 nitrogen and oxygen atoms in total. The molecule has 0 radical (unpaired) electrons. The summed E-state index contributed by atoms with van der Waals surface area (Å²) in [6.07, 6.45) is 0.665. The molecule has 12 heteroatoms. The van der Waals surface area contributed by atoms with E-state index in [0.29, 0.717) is 28.1 Å². The van der Waals surface area contributed by atoms with Crippen LogP contribution in [0.25, 0.3) is 11.1 Å². The maximum atomic E-state index is 13.6. The number of para-hydroxylation sites is 1. The third kappa shape index (κ3) is 8.36. The minimum atomic E-state index is -3.92. The molecule has 0 saturated carbocycles. The maximum Gasteiger partial charge on any atom is 0.413 e. The third-order valence-corrected chi connectivity index (χ3v) is 8.65. The van der Waals surface area contributed by atoms with Gasteiger partial charge in [0.15, 0.2) is 0 Å². The Morgan fingerprint density at radius 3 is 2.30 bits per heavy atom. The Labute approximate surface area is 268 Å². The number of piperidine rings is 1. The van der Waals surface area contributed by atoms with E-state index in [1.165, 1.54) is 6.07 Å². The number of hydrogen-bond acceptors (Lipinski definition) is 7. The lowest BCUT2D eigenvalue weighted by Gasteiger charge is -2.28. The van der Waals surface area contributed by atoms with Crippen molar-refractivity contribution in [3.8, 4) is 11.1 Å². The molecule has 46 heavy (non-hydrogen) atoms. The number of carbonyl (C=O) groups is 2. The van der Waals surface area contributed by atoms with E-state index >= 15 is 0 Å². The highest BCUT2D eigenvalue weighted by Gasteiger charge is 2.22. The fraction of sp³-hybridized carbons (Fsp3) is 0.206. The van der Waals surface area contributed by atoms with Crippen LogP contribution in [0.5, 0.6) is 0 Å². The number of nitrogens with one attached hydrogen (secondary N) is 3. The Balaban J connectivity index is 1.28. The monoisotopic (exact) mass is 640 g/mol. The average Bonchev–Trinajstić information content (AvgIpc) is 3.05. The fourth-order valence-corrected chi connectivity index (χ4v) is 5.99. The van der Waals surface area contributed by atoms with E-state index in [9.17, 15) is 18.0 Å². The molecule has 1 aliphatic heterocycles. The van der Waals surface area contributed by atoms with Gasteiger partial charge in [-0.15, -0.1) is 0 Å². The first-order valence-electron chi connectivity index (χ1n) is 14.8. The van der Waals surface area contributed by atoms with Crippen LogP contribution in [0.3, 0.4) is 0 Å². The predicted molar refractivity (Wildman–Crippen MR) is 178 cm³/mol. The number of sulfonamides is 1. The Bertz CT molecular complexity index is 1810. The van der Waals surface area contributed by atoms with Crippen molar-refractivity contribution in [2.45, 2.75) is 30.4 Å². The summed E-state index contributed by atoms with van der Waals surface area (Å²) >= 11 is 0. The van der Waals surface area contributed by atoms with Crippen LogP contribution in [-0.2, 0) is 21.3 Å². The van der Waals surface area contributed by atoms with E-state index in [1.807, 2.05) is 43.4 Å². The molecule has 1 saturated heterocycles. The zero-order valence-corrected chi connectivity index (χ0v) is 26.2. The number of likely N-dealkylation sites (tertiary alicyclic amines) is 1. The van der Waals surface area contributed by atoms with Crippen molar-refractivity contribution in [3.05, 3.63) is 114 Å². The van der Waals surface area contributed by atoms with Gasteiger partial charge < -0.3 is 15.0 Å². The lowest BCUT2D eigenvalue weighted by molar-refractivity contribution is 0.0602. The number of carbonyl (C=O) groups excluding carboxylic acids is 2. The summed E-state index contributed by atoms with van der Waals surface area (Å²) in [4.78, 5) is 29.9. The quantitative estimate of drug-likeness (QED) is 0.149. The number of rotatable bonds is 8. The molecule has 0 aliphatic carbocycles. The first-order chi connectivity index (χ1) is 22.1. The van der Waals surface area contributed by atoms with Crippen LogP contribution in [0.15, 0.2) is 108 Å². The van der Waals surface area contributed by atoms with E-state index in [2.05, 4.69) is 15.5 Å². The van der Waals surface area contributed by atoms with Crippen LogP contribution in [0.2, 0.25) is 0 Å². The number of nitrogens with two attached hydrogens (primary N) is 1. The molecule has 4 aromatic carbocycles. The lowest BCUT2D eigenvalue weighted by Crippen LogP contribution is -2.39. The van der Waals surface area contributed by atoms with Crippen molar-refractivity contribution >= 4 is 39.4 Å². The van der Waals surface area contributed by atoms with Gasteiger partial charge in [-0.2, -0.15) is 0 Å².